The van der Waals surface area contributed by atoms with Crippen molar-refractivity contribution in [2.24, 2.45) is 0 Å². The van der Waals surface area contributed by atoms with Crippen molar-refractivity contribution in [1.29, 1.82) is 0 Å². The lowest BCUT2D eigenvalue weighted by Crippen LogP contribution is -2.52. The molecule has 0 atom stereocenters. The van der Waals surface area contributed by atoms with Gasteiger partial charge in [-0.2, -0.15) is 0 Å². The second-order valence-electron chi connectivity index (χ2n) is 5.31. The number of hydrogen-bond acceptors (Lipinski definition) is 3. The van der Waals surface area contributed by atoms with Gasteiger partial charge in [-0.25, -0.2) is 0 Å². The summed E-state index contributed by atoms with van der Waals surface area (Å²) in [4.78, 5) is 12.2. The predicted octanol–water partition coefficient (Wildman–Crippen LogP) is 1.60. The summed E-state index contributed by atoms with van der Waals surface area (Å²) in [6.07, 6.45) is 4.94. The first-order valence-corrected chi connectivity index (χ1v) is 6.82. The third-order valence-corrected chi connectivity index (χ3v) is 3.89. The van der Waals surface area contributed by atoms with Crippen LogP contribution >= 0.6 is 0 Å². The summed E-state index contributed by atoms with van der Waals surface area (Å²) in [7, 11) is 0. The molecular formula is C15H21NO3. The molecule has 0 saturated heterocycles. The fourth-order valence-corrected chi connectivity index (χ4v) is 2.63. The zero-order valence-electron chi connectivity index (χ0n) is 11.1. The maximum atomic E-state index is 12.2. The van der Waals surface area contributed by atoms with Crippen molar-refractivity contribution in [3.8, 4) is 0 Å². The lowest BCUT2D eigenvalue weighted by molar-refractivity contribution is 0.0758. The Bertz CT molecular complexity index is 422. The molecule has 3 N–H and O–H groups in total. The quantitative estimate of drug-likeness (QED) is 0.773. The number of carbonyl (C=O) groups excluding carboxylic acids is 1. The van der Waals surface area contributed by atoms with Crippen molar-refractivity contribution in [1.82, 2.24) is 5.32 Å². The fourth-order valence-electron chi connectivity index (χ4n) is 2.63. The highest BCUT2D eigenvalue weighted by Crippen LogP contribution is 2.28. The van der Waals surface area contributed by atoms with Gasteiger partial charge in [0.05, 0.1) is 18.8 Å². The largest absolute Gasteiger partial charge is 0.394 e. The average molecular weight is 263 g/mol. The second-order valence-corrected chi connectivity index (χ2v) is 5.31. The topological polar surface area (TPSA) is 69.6 Å². The molecule has 1 aliphatic rings. The van der Waals surface area contributed by atoms with Gasteiger partial charge in [-0.15, -0.1) is 0 Å². The fraction of sp³-hybridized carbons (Fsp3) is 0.533. The van der Waals surface area contributed by atoms with Crippen molar-refractivity contribution >= 4 is 5.91 Å². The summed E-state index contributed by atoms with van der Waals surface area (Å²) in [5.41, 5.74) is 0.895. The van der Waals surface area contributed by atoms with E-state index in [1.165, 1.54) is 6.42 Å². The smallest absolute Gasteiger partial charge is 0.251 e. The van der Waals surface area contributed by atoms with Gasteiger partial charge in [0.1, 0.15) is 0 Å². The van der Waals surface area contributed by atoms with Gasteiger partial charge in [0.15, 0.2) is 0 Å². The van der Waals surface area contributed by atoms with Crippen LogP contribution in [-0.2, 0) is 6.61 Å². The summed E-state index contributed by atoms with van der Waals surface area (Å²) >= 11 is 0. The van der Waals surface area contributed by atoms with Crippen LogP contribution in [-0.4, -0.2) is 28.3 Å². The highest BCUT2D eigenvalue weighted by molar-refractivity contribution is 5.94. The standard InChI is InChI=1S/C15H21NO3/c17-10-12-4-6-13(7-5-12)14(19)16-15(11-18)8-2-1-3-9-15/h4-7,17-18H,1-3,8-11H2,(H,16,19). The molecule has 0 heterocycles. The van der Waals surface area contributed by atoms with Gasteiger partial charge in [0, 0.05) is 5.56 Å². The van der Waals surface area contributed by atoms with Crippen LogP contribution in [0.15, 0.2) is 24.3 Å². The molecule has 4 heteroatoms. The Labute approximate surface area is 113 Å². The van der Waals surface area contributed by atoms with Crippen molar-refractivity contribution in [3.63, 3.8) is 0 Å². The van der Waals surface area contributed by atoms with Crippen LogP contribution in [0, 0.1) is 0 Å². The summed E-state index contributed by atoms with van der Waals surface area (Å²) < 4.78 is 0. The third-order valence-electron chi connectivity index (χ3n) is 3.89. The minimum atomic E-state index is -0.453. The molecule has 1 fully saturated rings. The summed E-state index contributed by atoms with van der Waals surface area (Å²) in [6, 6.07) is 6.88. The monoisotopic (exact) mass is 263 g/mol. The second kappa shape index (κ2) is 6.17. The highest BCUT2D eigenvalue weighted by Gasteiger charge is 2.32. The molecule has 1 amide bonds. The van der Waals surface area contributed by atoms with Crippen molar-refractivity contribution < 1.29 is 15.0 Å². The molecule has 1 aromatic carbocycles. The van der Waals surface area contributed by atoms with E-state index in [1.54, 1.807) is 24.3 Å². The van der Waals surface area contributed by atoms with E-state index in [2.05, 4.69) is 5.32 Å². The van der Waals surface area contributed by atoms with Gasteiger partial charge < -0.3 is 15.5 Å². The first-order chi connectivity index (χ1) is 9.19. The molecule has 1 aromatic rings. The maximum Gasteiger partial charge on any atom is 0.251 e. The number of carbonyl (C=O) groups is 1. The molecule has 1 aliphatic carbocycles. The number of nitrogens with one attached hydrogen (secondary N) is 1. The SMILES string of the molecule is O=C(NC1(CO)CCCCC1)c1ccc(CO)cc1. The molecule has 0 bridgehead atoms. The molecule has 0 aromatic heterocycles. The number of amides is 1. The van der Waals surface area contributed by atoms with E-state index in [-0.39, 0.29) is 19.1 Å². The van der Waals surface area contributed by atoms with Crippen LogP contribution in [0.4, 0.5) is 0 Å². The normalized spacial score (nSPS) is 18.0. The van der Waals surface area contributed by atoms with Crippen LogP contribution in [0.3, 0.4) is 0 Å². The van der Waals surface area contributed by atoms with E-state index in [4.69, 9.17) is 5.11 Å². The Morgan fingerprint density at radius 2 is 1.74 bits per heavy atom. The zero-order valence-corrected chi connectivity index (χ0v) is 11.1. The number of rotatable bonds is 4. The molecule has 104 valence electrons. The van der Waals surface area contributed by atoms with E-state index in [0.29, 0.717) is 5.56 Å². The first kappa shape index (κ1) is 14.0. The molecule has 1 saturated carbocycles. The van der Waals surface area contributed by atoms with Gasteiger partial charge in [-0.3, -0.25) is 4.79 Å². The molecule has 4 nitrogen and oxygen atoms in total. The van der Waals surface area contributed by atoms with Crippen LogP contribution in [0.5, 0.6) is 0 Å². The van der Waals surface area contributed by atoms with Gasteiger partial charge in [-0.05, 0) is 30.5 Å². The van der Waals surface area contributed by atoms with Crippen molar-refractivity contribution in [2.45, 2.75) is 44.2 Å². The number of benzene rings is 1. The van der Waals surface area contributed by atoms with Crippen LogP contribution < -0.4 is 5.32 Å². The summed E-state index contributed by atoms with van der Waals surface area (Å²) in [6.45, 7) is -0.0318. The molecule has 19 heavy (non-hydrogen) atoms. The van der Waals surface area contributed by atoms with Crippen molar-refractivity contribution in [3.05, 3.63) is 35.4 Å². The predicted molar refractivity (Wildman–Crippen MR) is 72.7 cm³/mol. The van der Waals surface area contributed by atoms with E-state index in [1.807, 2.05) is 0 Å². The molecule has 2 rings (SSSR count). The first-order valence-electron chi connectivity index (χ1n) is 6.82. The summed E-state index contributed by atoms with van der Waals surface area (Å²) in [5, 5.41) is 21.5. The molecular weight excluding hydrogens is 242 g/mol. The minimum Gasteiger partial charge on any atom is -0.394 e. The highest BCUT2D eigenvalue weighted by atomic mass is 16.3. The molecule has 0 aliphatic heterocycles. The summed E-state index contributed by atoms with van der Waals surface area (Å²) in [5.74, 6) is -0.152. The Kier molecular flexibility index (Phi) is 4.56. The maximum absolute atomic E-state index is 12.2. The van der Waals surface area contributed by atoms with E-state index in [9.17, 15) is 9.90 Å². The average Bonchev–Trinajstić information content (AvgIpc) is 2.48. The molecule has 0 radical (unpaired) electrons. The number of hydrogen-bond donors (Lipinski definition) is 3. The van der Waals surface area contributed by atoms with E-state index < -0.39 is 5.54 Å². The van der Waals surface area contributed by atoms with Crippen LogP contribution in [0.1, 0.15) is 48.0 Å². The van der Waals surface area contributed by atoms with Gasteiger partial charge in [-0.1, -0.05) is 31.4 Å². The molecule has 0 spiro atoms. The van der Waals surface area contributed by atoms with Crippen LogP contribution in [0.2, 0.25) is 0 Å². The lowest BCUT2D eigenvalue weighted by atomic mass is 9.82. The lowest BCUT2D eigenvalue weighted by Gasteiger charge is -2.36. The van der Waals surface area contributed by atoms with E-state index in [0.717, 1.165) is 31.2 Å². The zero-order chi connectivity index (χ0) is 13.7. The van der Waals surface area contributed by atoms with E-state index >= 15 is 0 Å². The number of aliphatic hydroxyl groups excluding tert-OH is 2. The number of aliphatic hydroxyl groups is 2. The Hall–Kier alpha value is -1.39. The Balaban J connectivity index is 2.06. The minimum absolute atomic E-state index is 0.00648. The van der Waals surface area contributed by atoms with Gasteiger partial charge in [0.25, 0.3) is 5.91 Å². The molecule has 0 unspecified atom stereocenters. The van der Waals surface area contributed by atoms with Gasteiger partial charge >= 0.3 is 0 Å². The van der Waals surface area contributed by atoms with Gasteiger partial charge in [0.2, 0.25) is 0 Å². The Morgan fingerprint density at radius 1 is 1.11 bits per heavy atom. The third kappa shape index (κ3) is 3.33. The Morgan fingerprint density at radius 3 is 2.26 bits per heavy atom. The van der Waals surface area contributed by atoms with Crippen LogP contribution in [0.25, 0.3) is 0 Å². The van der Waals surface area contributed by atoms with Crippen molar-refractivity contribution in [2.75, 3.05) is 6.61 Å².